The monoisotopic (exact) mass is 408 g/mol. The summed E-state index contributed by atoms with van der Waals surface area (Å²) in [6.07, 6.45) is -1.62. The summed E-state index contributed by atoms with van der Waals surface area (Å²) in [7, 11) is -3.13. The first-order chi connectivity index (χ1) is 13.2. The Morgan fingerprint density at radius 1 is 1.25 bits per heavy atom. The highest BCUT2D eigenvalue weighted by atomic mass is 32.2. The summed E-state index contributed by atoms with van der Waals surface area (Å²) in [6, 6.07) is 7.85. The number of carbonyl (C=O) groups is 2. The summed E-state index contributed by atoms with van der Waals surface area (Å²) < 4.78 is 34.1. The molecule has 0 unspecified atom stereocenters. The van der Waals surface area contributed by atoms with Crippen molar-refractivity contribution in [3.8, 4) is 11.8 Å². The van der Waals surface area contributed by atoms with Crippen molar-refractivity contribution in [2.24, 2.45) is 0 Å². The van der Waals surface area contributed by atoms with Gasteiger partial charge in [-0.3, -0.25) is 4.79 Å². The Bertz CT molecular complexity index is 859. The van der Waals surface area contributed by atoms with Gasteiger partial charge in [-0.25, -0.2) is 13.2 Å². The summed E-state index contributed by atoms with van der Waals surface area (Å²) in [5.41, 5.74) is 0.468. The van der Waals surface area contributed by atoms with E-state index in [-0.39, 0.29) is 11.5 Å². The van der Waals surface area contributed by atoms with Crippen molar-refractivity contribution in [2.75, 3.05) is 18.1 Å². The predicted molar refractivity (Wildman–Crippen MR) is 101 cm³/mol. The molecule has 0 bridgehead atoms. The highest BCUT2D eigenvalue weighted by Crippen LogP contribution is 2.19. The second kappa shape index (κ2) is 9.06. The van der Waals surface area contributed by atoms with Crippen LogP contribution in [-0.2, 0) is 24.2 Å². The smallest absolute Gasteiger partial charge is 0.347 e. The zero-order chi connectivity index (χ0) is 20.9. The van der Waals surface area contributed by atoms with Crippen LogP contribution in [0.5, 0.6) is 5.75 Å². The van der Waals surface area contributed by atoms with E-state index in [1.54, 1.807) is 31.2 Å². The van der Waals surface area contributed by atoms with Crippen LogP contribution in [0.15, 0.2) is 24.3 Å². The van der Waals surface area contributed by atoms with E-state index in [2.05, 4.69) is 0 Å². The van der Waals surface area contributed by atoms with Gasteiger partial charge in [0.25, 0.3) is 5.91 Å². The first kappa shape index (κ1) is 21.7. The van der Waals surface area contributed by atoms with Crippen molar-refractivity contribution in [1.82, 2.24) is 4.90 Å². The Kier molecular flexibility index (Phi) is 7.02. The van der Waals surface area contributed by atoms with E-state index < -0.39 is 40.0 Å². The minimum Gasteiger partial charge on any atom is -0.479 e. The second-order valence-electron chi connectivity index (χ2n) is 6.66. The molecule has 0 aromatic heterocycles. The fourth-order valence-electron chi connectivity index (χ4n) is 3.03. The van der Waals surface area contributed by atoms with Gasteiger partial charge in [0.15, 0.2) is 22.0 Å². The molecule has 152 valence electrons. The van der Waals surface area contributed by atoms with Gasteiger partial charge in [-0.05, 0) is 51.5 Å². The molecule has 0 saturated carbocycles. The van der Waals surface area contributed by atoms with E-state index in [4.69, 9.17) is 14.7 Å². The number of benzene rings is 1. The number of nitrogens with zero attached hydrogens (tertiary/aromatic N) is 2. The molecule has 1 aromatic rings. The van der Waals surface area contributed by atoms with Crippen LogP contribution < -0.4 is 4.74 Å². The third-order valence-corrected chi connectivity index (χ3v) is 6.29. The molecule has 8 nitrogen and oxygen atoms in total. The average Bonchev–Trinajstić information content (AvgIpc) is 3.02. The fraction of sp³-hybridized carbons (Fsp3) is 0.526. The molecule has 1 heterocycles. The Hall–Kier alpha value is -2.60. The maximum Gasteiger partial charge on any atom is 0.347 e. The Balaban J connectivity index is 1.93. The average molecular weight is 408 g/mol. The number of amides is 1. The summed E-state index contributed by atoms with van der Waals surface area (Å²) in [6.45, 7) is 5.05. The molecule has 9 heteroatoms. The van der Waals surface area contributed by atoms with E-state index in [1.165, 1.54) is 18.7 Å². The molecule has 2 rings (SSSR count). The third kappa shape index (κ3) is 5.45. The standard InChI is InChI=1S/C19H24N2O6S/c1-4-21(16-9-10-28(24,25)12-16)18(22)13(2)27-19(23)14(3)26-17-7-5-15(11-20)6-8-17/h5-8,13-14,16H,4,9-10,12H2,1-3H3/t13-,14-,16+/m0/s1. The number of ether oxygens (including phenoxy) is 2. The van der Waals surface area contributed by atoms with Gasteiger partial charge in [0.2, 0.25) is 0 Å². The molecule has 1 aliphatic heterocycles. The largest absolute Gasteiger partial charge is 0.479 e. The number of hydrogen-bond donors (Lipinski definition) is 0. The molecule has 0 spiro atoms. The zero-order valence-electron chi connectivity index (χ0n) is 16.1. The number of sulfone groups is 1. The van der Waals surface area contributed by atoms with Gasteiger partial charge in [0.05, 0.1) is 23.1 Å². The van der Waals surface area contributed by atoms with Gasteiger partial charge in [-0.15, -0.1) is 0 Å². The van der Waals surface area contributed by atoms with Crippen molar-refractivity contribution in [2.45, 2.75) is 45.4 Å². The third-order valence-electron chi connectivity index (χ3n) is 4.54. The molecule has 1 aromatic carbocycles. The van der Waals surface area contributed by atoms with E-state index in [0.717, 1.165) is 0 Å². The minimum absolute atomic E-state index is 0.0606. The van der Waals surface area contributed by atoms with Crippen molar-refractivity contribution in [1.29, 1.82) is 5.26 Å². The number of nitriles is 1. The number of rotatable bonds is 7. The predicted octanol–water partition coefficient (Wildman–Crippen LogP) is 1.29. The highest BCUT2D eigenvalue weighted by Gasteiger charge is 2.36. The summed E-state index contributed by atoms with van der Waals surface area (Å²) in [5.74, 6) is -0.742. The SMILES string of the molecule is CCN(C(=O)[C@H](C)OC(=O)[C@H](C)Oc1ccc(C#N)cc1)[C@@H]1CCS(=O)(=O)C1. The number of likely N-dealkylation sites (N-methyl/N-ethyl adjacent to an activating group) is 1. The molecule has 1 fully saturated rings. The molecule has 0 aliphatic carbocycles. The van der Waals surface area contributed by atoms with Crippen LogP contribution in [0.4, 0.5) is 0 Å². The van der Waals surface area contributed by atoms with E-state index in [9.17, 15) is 18.0 Å². The van der Waals surface area contributed by atoms with Crippen LogP contribution in [0.3, 0.4) is 0 Å². The van der Waals surface area contributed by atoms with Crippen molar-refractivity contribution < 1.29 is 27.5 Å². The van der Waals surface area contributed by atoms with Gasteiger partial charge >= 0.3 is 5.97 Å². The lowest BCUT2D eigenvalue weighted by molar-refractivity contribution is -0.165. The van der Waals surface area contributed by atoms with Crippen molar-refractivity contribution >= 4 is 21.7 Å². The molecular formula is C19H24N2O6S. The lowest BCUT2D eigenvalue weighted by Gasteiger charge is -2.29. The van der Waals surface area contributed by atoms with Gasteiger partial charge < -0.3 is 14.4 Å². The van der Waals surface area contributed by atoms with E-state index >= 15 is 0 Å². The Morgan fingerprint density at radius 3 is 2.39 bits per heavy atom. The van der Waals surface area contributed by atoms with Crippen LogP contribution in [0, 0.1) is 11.3 Å². The molecule has 28 heavy (non-hydrogen) atoms. The van der Waals surface area contributed by atoms with Gasteiger partial charge in [-0.2, -0.15) is 5.26 Å². The lowest BCUT2D eigenvalue weighted by atomic mass is 10.2. The summed E-state index contributed by atoms with van der Waals surface area (Å²) in [5, 5.41) is 8.79. The molecule has 1 aliphatic rings. The van der Waals surface area contributed by atoms with Crippen molar-refractivity contribution in [3.05, 3.63) is 29.8 Å². The molecule has 1 saturated heterocycles. The Morgan fingerprint density at radius 2 is 1.89 bits per heavy atom. The maximum atomic E-state index is 12.6. The molecule has 0 N–H and O–H groups in total. The van der Waals surface area contributed by atoms with Crippen LogP contribution in [0.2, 0.25) is 0 Å². The molecule has 3 atom stereocenters. The van der Waals surface area contributed by atoms with Crippen LogP contribution in [0.25, 0.3) is 0 Å². The van der Waals surface area contributed by atoms with Crippen molar-refractivity contribution in [3.63, 3.8) is 0 Å². The van der Waals surface area contributed by atoms with Gasteiger partial charge in [0.1, 0.15) is 5.75 Å². The van der Waals surface area contributed by atoms with Gasteiger partial charge in [-0.1, -0.05) is 0 Å². The van der Waals surface area contributed by atoms with Crippen LogP contribution in [0.1, 0.15) is 32.8 Å². The minimum atomic E-state index is -3.13. The highest BCUT2D eigenvalue weighted by molar-refractivity contribution is 7.91. The van der Waals surface area contributed by atoms with E-state index in [0.29, 0.717) is 24.3 Å². The summed E-state index contributed by atoms with van der Waals surface area (Å²) in [4.78, 5) is 26.3. The lowest BCUT2D eigenvalue weighted by Crippen LogP contribution is -2.47. The normalized spacial score (nSPS) is 19.9. The maximum absolute atomic E-state index is 12.6. The second-order valence-corrected chi connectivity index (χ2v) is 8.89. The van der Waals surface area contributed by atoms with Crippen LogP contribution in [-0.4, -0.2) is 61.5 Å². The molecular weight excluding hydrogens is 384 g/mol. The number of hydrogen-bond acceptors (Lipinski definition) is 7. The number of esters is 1. The molecule has 0 radical (unpaired) electrons. The topological polar surface area (TPSA) is 114 Å². The fourth-order valence-corrected chi connectivity index (χ4v) is 4.76. The zero-order valence-corrected chi connectivity index (χ0v) is 16.9. The van der Waals surface area contributed by atoms with Crippen LogP contribution >= 0.6 is 0 Å². The number of carbonyl (C=O) groups excluding carboxylic acids is 2. The summed E-state index contributed by atoms with van der Waals surface area (Å²) >= 11 is 0. The Labute approximate surface area is 164 Å². The van der Waals surface area contributed by atoms with Gasteiger partial charge in [0, 0.05) is 12.6 Å². The first-order valence-electron chi connectivity index (χ1n) is 9.05. The molecule has 1 amide bonds. The van der Waals surface area contributed by atoms with E-state index in [1.807, 2.05) is 6.07 Å². The quantitative estimate of drug-likeness (QED) is 0.625. The first-order valence-corrected chi connectivity index (χ1v) is 10.9.